The Hall–Kier alpha value is -2.79. The van der Waals surface area contributed by atoms with Gasteiger partial charge < -0.3 is 10.1 Å². The molecular formula is C12H9N3O2. The van der Waals surface area contributed by atoms with Crippen LogP contribution in [0.15, 0.2) is 36.0 Å². The Balaban J connectivity index is 2.78. The topological polar surface area (TPSA) is 85.9 Å². The van der Waals surface area contributed by atoms with E-state index in [1.807, 2.05) is 6.07 Å². The molecule has 0 amide bonds. The molecule has 0 saturated carbocycles. The minimum atomic E-state index is -0.700. The van der Waals surface area contributed by atoms with Crippen LogP contribution in [0.25, 0.3) is 0 Å². The Morgan fingerprint density at radius 2 is 2.00 bits per heavy atom. The van der Waals surface area contributed by atoms with Crippen molar-refractivity contribution in [1.82, 2.24) is 0 Å². The fourth-order valence-corrected chi connectivity index (χ4v) is 1.04. The predicted molar refractivity (Wildman–Crippen MR) is 60.5 cm³/mol. The summed E-state index contributed by atoms with van der Waals surface area (Å²) >= 11 is 0. The quantitative estimate of drug-likeness (QED) is 0.481. The summed E-state index contributed by atoms with van der Waals surface area (Å²) in [6, 6.07) is 10.3. The zero-order valence-corrected chi connectivity index (χ0v) is 9.10. The summed E-state index contributed by atoms with van der Waals surface area (Å²) in [5.41, 5.74) is 1.07. The number of carbonyl (C=O) groups excluding carboxylic acids is 1. The summed E-state index contributed by atoms with van der Waals surface area (Å²) in [5, 5.41) is 20.1. The number of nitrogens with zero attached hydrogens (tertiary/aromatic N) is 2. The van der Waals surface area contributed by atoms with Crippen LogP contribution >= 0.6 is 0 Å². The largest absolute Gasteiger partial charge is 0.465 e. The van der Waals surface area contributed by atoms with E-state index in [-0.39, 0.29) is 5.57 Å². The molecule has 0 aromatic heterocycles. The minimum absolute atomic E-state index is 0.128. The van der Waals surface area contributed by atoms with Crippen LogP contribution in [0.5, 0.6) is 0 Å². The Morgan fingerprint density at radius 3 is 2.47 bits per heavy atom. The molecule has 0 aliphatic carbocycles. The molecule has 1 aromatic carbocycles. The smallest absolute Gasteiger partial charge is 0.350 e. The van der Waals surface area contributed by atoms with E-state index in [1.54, 1.807) is 30.3 Å². The highest BCUT2D eigenvalue weighted by Gasteiger charge is 2.07. The van der Waals surface area contributed by atoms with E-state index in [2.05, 4.69) is 10.1 Å². The number of benzene rings is 1. The van der Waals surface area contributed by atoms with E-state index in [4.69, 9.17) is 10.5 Å². The first-order chi connectivity index (χ1) is 8.21. The maximum absolute atomic E-state index is 11.1. The Morgan fingerprint density at radius 1 is 1.35 bits per heavy atom. The zero-order chi connectivity index (χ0) is 12.7. The number of hydrogen-bond donors (Lipinski definition) is 1. The number of carbonyl (C=O) groups is 1. The average molecular weight is 227 g/mol. The van der Waals surface area contributed by atoms with Crippen LogP contribution in [-0.2, 0) is 9.53 Å². The highest BCUT2D eigenvalue weighted by Crippen LogP contribution is 2.09. The highest BCUT2D eigenvalue weighted by atomic mass is 16.5. The van der Waals surface area contributed by atoms with Gasteiger partial charge in [-0.05, 0) is 24.3 Å². The van der Waals surface area contributed by atoms with Crippen molar-refractivity contribution in [2.24, 2.45) is 0 Å². The number of methoxy groups -OCH3 is 1. The maximum atomic E-state index is 11.1. The highest BCUT2D eigenvalue weighted by molar-refractivity contribution is 5.92. The summed E-state index contributed by atoms with van der Waals surface area (Å²) in [7, 11) is 1.20. The second-order valence-corrected chi connectivity index (χ2v) is 2.99. The van der Waals surface area contributed by atoms with Gasteiger partial charge in [0.25, 0.3) is 0 Å². The molecule has 0 bridgehead atoms. The first-order valence-corrected chi connectivity index (χ1v) is 4.66. The van der Waals surface area contributed by atoms with Gasteiger partial charge in [0.1, 0.15) is 6.07 Å². The number of hydrogen-bond acceptors (Lipinski definition) is 5. The molecule has 1 rings (SSSR count). The fraction of sp³-hybridized carbons (Fsp3) is 0.0833. The molecule has 0 aliphatic heterocycles. The maximum Gasteiger partial charge on any atom is 0.350 e. The van der Waals surface area contributed by atoms with Crippen molar-refractivity contribution in [2.75, 3.05) is 12.4 Å². The van der Waals surface area contributed by atoms with Crippen molar-refractivity contribution in [3.05, 3.63) is 41.6 Å². The number of nitrogens with one attached hydrogen (secondary N) is 1. The normalized spacial score (nSPS) is 9.94. The third-order valence-corrected chi connectivity index (χ3v) is 1.92. The Bertz CT molecular complexity index is 518. The molecule has 0 saturated heterocycles. The van der Waals surface area contributed by atoms with Crippen LogP contribution in [0.3, 0.4) is 0 Å². The SMILES string of the molecule is COC(=O)/C(C#N)=C/Nc1ccc(C#N)cc1. The van der Waals surface area contributed by atoms with Gasteiger partial charge in [0.05, 0.1) is 18.7 Å². The number of nitriles is 2. The average Bonchev–Trinajstić information content (AvgIpc) is 2.39. The summed E-state index contributed by atoms with van der Waals surface area (Å²) < 4.78 is 4.42. The number of rotatable bonds is 3. The lowest BCUT2D eigenvalue weighted by Gasteiger charge is -2.01. The molecule has 0 radical (unpaired) electrons. The van der Waals surface area contributed by atoms with Crippen LogP contribution in [0.2, 0.25) is 0 Å². The van der Waals surface area contributed by atoms with Crippen LogP contribution in [0.4, 0.5) is 5.69 Å². The molecule has 84 valence electrons. The van der Waals surface area contributed by atoms with Crippen molar-refractivity contribution in [3.63, 3.8) is 0 Å². The van der Waals surface area contributed by atoms with Crippen molar-refractivity contribution < 1.29 is 9.53 Å². The second-order valence-electron chi connectivity index (χ2n) is 2.99. The van der Waals surface area contributed by atoms with Crippen LogP contribution in [-0.4, -0.2) is 13.1 Å². The minimum Gasteiger partial charge on any atom is -0.465 e. The van der Waals surface area contributed by atoms with Gasteiger partial charge in [0, 0.05) is 11.9 Å². The lowest BCUT2D eigenvalue weighted by Crippen LogP contribution is -2.05. The Labute approximate surface area is 98.5 Å². The molecule has 5 heteroatoms. The number of ether oxygens (including phenoxy) is 1. The first kappa shape index (κ1) is 12.3. The first-order valence-electron chi connectivity index (χ1n) is 4.66. The van der Waals surface area contributed by atoms with E-state index in [9.17, 15) is 4.79 Å². The van der Waals surface area contributed by atoms with Gasteiger partial charge in [-0.15, -0.1) is 0 Å². The van der Waals surface area contributed by atoms with Crippen LogP contribution in [0.1, 0.15) is 5.56 Å². The molecule has 0 heterocycles. The number of esters is 1. The van der Waals surface area contributed by atoms with Gasteiger partial charge in [-0.25, -0.2) is 4.79 Å². The lowest BCUT2D eigenvalue weighted by molar-refractivity contribution is -0.135. The monoisotopic (exact) mass is 227 g/mol. The van der Waals surface area contributed by atoms with Crippen molar-refractivity contribution in [1.29, 1.82) is 10.5 Å². The van der Waals surface area contributed by atoms with Crippen molar-refractivity contribution in [3.8, 4) is 12.1 Å². The van der Waals surface area contributed by atoms with Gasteiger partial charge in [0.2, 0.25) is 0 Å². The molecule has 0 spiro atoms. The molecule has 0 unspecified atom stereocenters. The van der Waals surface area contributed by atoms with E-state index >= 15 is 0 Å². The van der Waals surface area contributed by atoms with Crippen molar-refractivity contribution in [2.45, 2.75) is 0 Å². The van der Waals surface area contributed by atoms with Gasteiger partial charge >= 0.3 is 5.97 Å². The van der Waals surface area contributed by atoms with E-state index in [0.717, 1.165) is 0 Å². The summed E-state index contributed by atoms with van der Waals surface area (Å²) in [6.07, 6.45) is 1.26. The fourth-order valence-electron chi connectivity index (χ4n) is 1.04. The Kier molecular flexibility index (Phi) is 4.29. The molecule has 1 N–H and O–H groups in total. The van der Waals surface area contributed by atoms with Crippen LogP contribution in [0, 0.1) is 22.7 Å². The summed E-state index contributed by atoms with van der Waals surface area (Å²) in [4.78, 5) is 11.1. The van der Waals surface area contributed by atoms with E-state index in [1.165, 1.54) is 13.3 Å². The summed E-state index contributed by atoms with van der Waals surface area (Å²) in [6.45, 7) is 0. The van der Waals surface area contributed by atoms with E-state index in [0.29, 0.717) is 11.3 Å². The molecule has 0 fully saturated rings. The number of anilines is 1. The molecule has 5 nitrogen and oxygen atoms in total. The van der Waals surface area contributed by atoms with Gasteiger partial charge in [-0.3, -0.25) is 0 Å². The van der Waals surface area contributed by atoms with E-state index < -0.39 is 5.97 Å². The van der Waals surface area contributed by atoms with Gasteiger partial charge in [-0.1, -0.05) is 0 Å². The molecule has 0 aliphatic rings. The second kappa shape index (κ2) is 5.94. The lowest BCUT2D eigenvalue weighted by atomic mass is 10.2. The summed E-state index contributed by atoms with van der Waals surface area (Å²) in [5.74, 6) is -0.700. The van der Waals surface area contributed by atoms with Crippen LogP contribution < -0.4 is 5.32 Å². The zero-order valence-electron chi connectivity index (χ0n) is 9.10. The standard InChI is InChI=1S/C12H9N3O2/c1-17-12(16)10(7-14)8-15-11-4-2-9(6-13)3-5-11/h2-5,8,15H,1H3/b10-8+. The van der Waals surface area contributed by atoms with Gasteiger partial charge in [-0.2, -0.15) is 10.5 Å². The molecule has 17 heavy (non-hydrogen) atoms. The molecular weight excluding hydrogens is 218 g/mol. The van der Waals surface area contributed by atoms with Gasteiger partial charge in [0.15, 0.2) is 5.57 Å². The molecule has 1 aromatic rings. The third-order valence-electron chi connectivity index (χ3n) is 1.92. The van der Waals surface area contributed by atoms with Crippen molar-refractivity contribution >= 4 is 11.7 Å². The predicted octanol–water partition coefficient (Wildman–Crippen LogP) is 1.55. The molecule has 0 atom stereocenters. The third kappa shape index (κ3) is 3.37.